The molecule has 0 bridgehead atoms. The monoisotopic (exact) mass is 317 g/mol. The lowest BCUT2D eigenvalue weighted by atomic mass is 10.0. The van der Waals surface area contributed by atoms with Crippen molar-refractivity contribution in [1.82, 2.24) is 15.3 Å². The number of furan rings is 1. The van der Waals surface area contributed by atoms with Crippen molar-refractivity contribution in [3.8, 4) is 0 Å². The molecule has 7 heteroatoms. The number of carbonyl (C=O) groups excluding carboxylic acids is 1. The summed E-state index contributed by atoms with van der Waals surface area (Å²) in [7, 11) is 0. The van der Waals surface area contributed by atoms with Gasteiger partial charge in [0, 0.05) is 0 Å². The number of benzene rings is 1. The Morgan fingerprint density at radius 2 is 2.26 bits per heavy atom. The van der Waals surface area contributed by atoms with E-state index in [9.17, 15) is 14.3 Å². The first kappa shape index (κ1) is 15.2. The quantitative estimate of drug-likeness (QED) is 0.688. The van der Waals surface area contributed by atoms with Crippen molar-refractivity contribution in [2.45, 2.75) is 19.4 Å². The summed E-state index contributed by atoms with van der Waals surface area (Å²) in [5, 5.41) is 13.0. The highest BCUT2D eigenvalue weighted by Crippen LogP contribution is 2.22. The number of aliphatic hydroxyl groups is 1. The largest absolute Gasteiger partial charge is 0.463 e. The number of amides is 1. The Hall–Kier alpha value is -2.67. The lowest BCUT2D eigenvalue weighted by Crippen LogP contribution is -2.38. The van der Waals surface area contributed by atoms with Crippen LogP contribution in [0.1, 0.15) is 28.8 Å². The molecule has 1 unspecified atom stereocenters. The molecule has 2 heterocycles. The molecule has 120 valence electrons. The maximum Gasteiger partial charge on any atom is 0.253 e. The molecule has 1 aromatic carbocycles. The van der Waals surface area contributed by atoms with Gasteiger partial charge in [0.05, 0.1) is 24.0 Å². The molecule has 0 aliphatic carbocycles. The van der Waals surface area contributed by atoms with E-state index in [-0.39, 0.29) is 12.1 Å². The molecular formula is C16H16FN3O3. The van der Waals surface area contributed by atoms with Gasteiger partial charge in [-0.25, -0.2) is 9.37 Å². The molecule has 1 amide bonds. The first-order chi connectivity index (χ1) is 10.9. The molecule has 2 aromatic heterocycles. The third kappa shape index (κ3) is 2.95. The molecule has 0 saturated heterocycles. The van der Waals surface area contributed by atoms with Crippen molar-refractivity contribution in [3.63, 3.8) is 0 Å². The average Bonchev–Trinajstić information content (AvgIpc) is 3.12. The number of aromatic amines is 1. The molecule has 3 rings (SSSR count). The van der Waals surface area contributed by atoms with Crippen molar-refractivity contribution in [2.24, 2.45) is 0 Å². The number of imidazole rings is 1. The molecule has 1 atom stereocenters. The van der Waals surface area contributed by atoms with Gasteiger partial charge >= 0.3 is 0 Å². The fraction of sp³-hybridized carbons (Fsp3) is 0.250. The van der Waals surface area contributed by atoms with Crippen LogP contribution in [-0.2, 0) is 5.60 Å². The maximum atomic E-state index is 13.6. The van der Waals surface area contributed by atoms with Gasteiger partial charge in [0.1, 0.15) is 28.5 Å². The van der Waals surface area contributed by atoms with Crippen LogP contribution < -0.4 is 5.32 Å². The average molecular weight is 317 g/mol. The van der Waals surface area contributed by atoms with Crippen molar-refractivity contribution in [2.75, 3.05) is 6.54 Å². The number of hydrogen-bond donors (Lipinski definition) is 3. The van der Waals surface area contributed by atoms with Crippen molar-refractivity contribution in [3.05, 3.63) is 53.5 Å². The summed E-state index contributed by atoms with van der Waals surface area (Å²) in [6, 6.07) is 5.76. The van der Waals surface area contributed by atoms with Crippen molar-refractivity contribution < 1.29 is 18.7 Å². The van der Waals surface area contributed by atoms with Crippen LogP contribution in [0.3, 0.4) is 0 Å². The van der Waals surface area contributed by atoms with Gasteiger partial charge in [-0.2, -0.15) is 0 Å². The number of nitrogens with one attached hydrogen (secondary N) is 2. The minimum absolute atomic E-state index is 0.0821. The van der Waals surface area contributed by atoms with Crippen LogP contribution in [0.2, 0.25) is 0 Å². The van der Waals surface area contributed by atoms with Crippen LogP contribution in [0.25, 0.3) is 11.0 Å². The van der Waals surface area contributed by atoms with Gasteiger partial charge in [0.25, 0.3) is 5.91 Å². The van der Waals surface area contributed by atoms with E-state index in [2.05, 4.69) is 15.3 Å². The highest BCUT2D eigenvalue weighted by atomic mass is 19.1. The number of hydrogen-bond acceptors (Lipinski definition) is 4. The minimum Gasteiger partial charge on any atom is -0.463 e. The third-order valence-electron chi connectivity index (χ3n) is 3.60. The van der Waals surface area contributed by atoms with Gasteiger partial charge in [-0.15, -0.1) is 0 Å². The molecule has 0 radical (unpaired) electrons. The summed E-state index contributed by atoms with van der Waals surface area (Å²) >= 11 is 0. The van der Waals surface area contributed by atoms with E-state index >= 15 is 0 Å². The Kier molecular flexibility index (Phi) is 3.65. The highest BCUT2D eigenvalue weighted by molar-refractivity contribution is 6.04. The second kappa shape index (κ2) is 5.51. The molecule has 0 fully saturated rings. The molecule has 3 N–H and O–H groups in total. The first-order valence-corrected chi connectivity index (χ1v) is 7.07. The Morgan fingerprint density at radius 1 is 1.48 bits per heavy atom. The van der Waals surface area contributed by atoms with Crippen LogP contribution in [0, 0.1) is 12.7 Å². The van der Waals surface area contributed by atoms with E-state index in [0.29, 0.717) is 22.6 Å². The normalized spacial score (nSPS) is 13.9. The Labute approximate surface area is 131 Å². The molecule has 6 nitrogen and oxygen atoms in total. The number of rotatable bonds is 4. The molecule has 0 spiro atoms. The molecular weight excluding hydrogens is 301 g/mol. The fourth-order valence-electron chi connectivity index (χ4n) is 2.35. The summed E-state index contributed by atoms with van der Waals surface area (Å²) in [6.45, 7) is 3.21. The molecule has 0 aliphatic rings. The number of fused-ring (bicyclic) bond motifs is 1. The van der Waals surface area contributed by atoms with Crippen LogP contribution in [0.4, 0.5) is 4.39 Å². The number of aryl methyl sites for hydroxylation is 1. The van der Waals surface area contributed by atoms with E-state index in [4.69, 9.17) is 4.42 Å². The van der Waals surface area contributed by atoms with Gasteiger partial charge in [0.15, 0.2) is 0 Å². The summed E-state index contributed by atoms with van der Waals surface area (Å²) in [6.07, 6.45) is 1.39. The van der Waals surface area contributed by atoms with Gasteiger partial charge in [-0.1, -0.05) is 0 Å². The number of carbonyl (C=O) groups is 1. The second-order valence-corrected chi connectivity index (χ2v) is 5.62. The van der Waals surface area contributed by atoms with Gasteiger partial charge in [0.2, 0.25) is 0 Å². The predicted molar refractivity (Wildman–Crippen MR) is 81.4 cm³/mol. The zero-order chi connectivity index (χ0) is 16.6. The summed E-state index contributed by atoms with van der Waals surface area (Å²) < 4.78 is 19.0. The lowest BCUT2D eigenvalue weighted by Gasteiger charge is -2.21. The van der Waals surface area contributed by atoms with Crippen LogP contribution in [-0.4, -0.2) is 27.5 Å². The van der Waals surface area contributed by atoms with Gasteiger partial charge in [-0.05, 0) is 38.1 Å². The second-order valence-electron chi connectivity index (χ2n) is 5.62. The number of halogens is 1. The smallest absolute Gasteiger partial charge is 0.253 e. The fourth-order valence-corrected chi connectivity index (χ4v) is 2.35. The third-order valence-corrected chi connectivity index (χ3v) is 3.60. The number of nitrogens with zero attached hydrogens (tertiary/aromatic N) is 1. The molecule has 0 saturated carbocycles. The van der Waals surface area contributed by atoms with Crippen LogP contribution in [0.15, 0.2) is 35.0 Å². The molecule has 3 aromatic rings. The molecule has 23 heavy (non-hydrogen) atoms. The van der Waals surface area contributed by atoms with E-state index in [1.807, 2.05) is 0 Å². The van der Waals surface area contributed by atoms with E-state index in [1.165, 1.54) is 19.3 Å². The zero-order valence-electron chi connectivity index (χ0n) is 12.7. The highest BCUT2D eigenvalue weighted by Gasteiger charge is 2.28. The van der Waals surface area contributed by atoms with Crippen molar-refractivity contribution in [1.29, 1.82) is 0 Å². The summed E-state index contributed by atoms with van der Waals surface area (Å²) in [5.74, 6) is -0.0557. The Morgan fingerprint density at radius 3 is 2.96 bits per heavy atom. The lowest BCUT2D eigenvalue weighted by molar-refractivity contribution is 0.0323. The first-order valence-electron chi connectivity index (χ1n) is 7.07. The van der Waals surface area contributed by atoms with Gasteiger partial charge < -0.3 is 19.8 Å². The predicted octanol–water partition coefficient (Wildman–Crippen LogP) is 2.24. The van der Waals surface area contributed by atoms with E-state index in [1.54, 1.807) is 19.1 Å². The maximum absolute atomic E-state index is 13.6. The van der Waals surface area contributed by atoms with Crippen LogP contribution >= 0.6 is 0 Å². The molecule has 0 aliphatic heterocycles. The number of aromatic nitrogens is 2. The van der Waals surface area contributed by atoms with Crippen LogP contribution in [0.5, 0.6) is 0 Å². The van der Waals surface area contributed by atoms with E-state index < -0.39 is 17.3 Å². The SMILES string of the molecule is Cc1ccc(C(C)(O)CNC(=O)c2cc(F)cc3[nH]cnc23)o1. The summed E-state index contributed by atoms with van der Waals surface area (Å²) in [4.78, 5) is 19.1. The number of H-pyrrole nitrogens is 1. The Bertz CT molecular complexity index is 866. The minimum atomic E-state index is -1.37. The topological polar surface area (TPSA) is 91.2 Å². The standard InChI is InChI=1S/C16H16FN3O3/c1-9-3-4-13(23-9)16(2,22)7-18-15(21)11-5-10(17)6-12-14(11)20-8-19-12/h3-6,8,22H,7H2,1-2H3,(H,18,21)(H,19,20). The van der Waals surface area contributed by atoms with Crippen molar-refractivity contribution >= 4 is 16.9 Å². The van der Waals surface area contributed by atoms with E-state index in [0.717, 1.165) is 6.07 Å². The Balaban J connectivity index is 1.80. The summed E-state index contributed by atoms with van der Waals surface area (Å²) in [5.41, 5.74) is -0.462. The zero-order valence-corrected chi connectivity index (χ0v) is 12.7. The van der Waals surface area contributed by atoms with Gasteiger partial charge in [-0.3, -0.25) is 4.79 Å².